The van der Waals surface area contributed by atoms with Crippen LogP contribution in [0.3, 0.4) is 0 Å². The summed E-state index contributed by atoms with van der Waals surface area (Å²) < 4.78 is 0. The van der Waals surface area contributed by atoms with E-state index in [1.807, 2.05) is 30.3 Å². The summed E-state index contributed by atoms with van der Waals surface area (Å²) in [6.07, 6.45) is -0.0103. The minimum Gasteiger partial charge on any atom is -0.480 e. The van der Waals surface area contributed by atoms with Crippen molar-refractivity contribution in [3.05, 3.63) is 35.9 Å². The van der Waals surface area contributed by atoms with Gasteiger partial charge >= 0.3 is 5.97 Å². The van der Waals surface area contributed by atoms with E-state index in [-0.39, 0.29) is 12.3 Å². The minimum atomic E-state index is -1.07. The zero-order valence-corrected chi connectivity index (χ0v) is 11.0. The first kappa shape index (κ1) is 14.5. The van der Waals surface area contributed by atoms with Crippen molar-refractivity contribution >= 4 is 11.9 Å². The van der Waals surface area contributed by atoms with Crippen LogP contribution >= 0.6 is 0 Å². The number of hydrogen-bond donors (Lipinski definition) is 4. The molecule has 0 bridgehead atoms. The van der Waals surface area contributed by atoms with Crippen LogP contribution in [0.2, 0.25) is 0 Å². The molecular weight excluding hydrogens is 260 g/mol. The number of aliphatic carboxylic acids is 1. The van der Waals surface area contributed by atoms with Crippen LogP contribution in [-0.2, 0) is 16.0 Å². The van der Waals surface area contributed by atoms with Gasteiger partial charge in [-0.05, 0) is 12.0 Å². The Labute approximate surface area is 116 Å². The Hall–Kier alpha value is -1.92. The predicted molar refractivity (Wildman–Crippen MR) is 72.1 cm³/mol. The Balaban J connectivity index is 1.96. The maximum absolute atomic E-state index is 11.9. The van der Waals surface area contributed by atoms with Gasteiger partial charge in [0.15, 0.2) is 0 Å². The molecule has 4 N–H and O–H groups in total. The van der Waals surface area contributed by atoms with E-state index < -0.39 is 24.2 Å². The van der Waals surface area contributed by atoms with E-state index in [9.17, 15) is 19.8 Å². The van der Waals surface area contributed by atoms with Crippen molar-refractivity contribution in [2.45, 2.75) is 31.0 Å². The molecule has 0 spiro atoms. The van der Waals surface area contributed by atoms with Crippen LogP contribution in [0.1, 0.15) is 12.0 Å². The lowest BCUT2D eigenvalue weighted by molar-refractivity contribution is -0.142. The lowest BCUT2D eigenvalue weighted by Gasteiger charge is -2.17. The Bertz CT molecular complexity index is 477. The van der Waals surface area contributed by atoms with Crippen molar-refractivity contribution in [3.63, 3.8) is 0 Å². The van der Waals surface area contributed by atoms with Gasteiger partial charge in [-0.25, -0.2) is 4.79 Å². The molecule has 1 aliphatic heterocycles. The molecule has 3 atom stereocenters. The number of carbonyl (C=O) groups excluding carboxylic acids is 1. The van der Waals surface area contributed by atoms with Gasteiger partial charge in [0, 0.05) is 13.0 Å². The van der Waals surface area contributed by atoms with Crippen LogP contribution in [0.15, 0.2) is 30.3 Å². The first-order valence-electron chi connectivity index (χ1n) is 6.55. The van der Waals surface area contributed by atoms with Gasteiger partial charge in [0.1, 0.15) is 6.04 Å². The van der Waals surface area contributed by atoms with Crippen LogP contribution in [0, 0.1) is 0 Å². The highest BCUT2D eigenvalue weighted by molar-refractivity contribution is 5.87. The standard InChI is InChI=1S/C14H18N2O4/c17-10-7-11(15-8-10)13(18)16-12(14(19)20)6-9-4-2-1-3-5-9/h1-5,10-12,15,17H,6-8H2,(H,16,18)(H,19,20). The highest BCUT2D eigenvalue weighted by Gasteiger charge is 2.30. The van der Waals surface area contributed by atoms with Gasteiger partial charge in [0.2, 0.25) is 5.91 Å². The molecule has 1 aliphatic rings. The number of amides is 1. The van der Waals surface area contributed by atoms with Gasteiger partial charge in [0.25, 0.3) is 0 Å². The summed E-state index contributed by atoms with van der Waals surface area (Å²) in [6, 6.07) is 7.64. The first-order chi connectivity index (χ1) is 9.56. The second-order valence-electron chi connectivity index (χ2n) is 4.94. The molecule has 1 heterocycles. The van der Waals surface area contributed by atoms with E-state index in [0.717, 1.165) is 5.56 Å². The molecule has 6 heteroatoms. The average Bonchev–Trinajstić information content (AvgIpc) is 2.86. The number of aliphatic hydroxyl groups excluding tert-OH is 1. The van der Waals surface area contributed by atoms with E-state index in [4.69, 9.17) is 0 Å². The summed E-state index contributed by atoms with van der Waals surface area (Å²) in [4.78, 5) is 23.2. The van der Waals surface area contributed by atoms with E-state index in [2.05, 4.69) is 10.6 Å². The van der Waals surface area contributed by atoms with Gasteiger partial charge in [-0.2, -0.15) is 0 Å². The fraction of sp³-hybridized carbons (Fsp3) is 0.429. The maximum Gasteiger partial charge on any atom is 0.326 e. The van der Waals surface area contributed by atoms with E-state index in [1.165, 1.54) is 0 Å². The fourth-order valence-electron chi connectivity index (χ4n) is 2.24. The molecule has 20 heavy (non-hydrogen) atoms. The lowest BCUT2D eigenvalue weighted by atomic mass is 10.1. The quantitative estimate of drug-likeness (QED) is 0.583. The molecule has 0 aliphatic carbocycles. The number of nitrogens with one attached hydrogen (secondary N) is 2. The number of β-amino-alcohol motifs (C(OH)–C–C–N with tert-alkyl or cyclic N) is 1. The fourth-order valence-corrected chi connectivity index (χ4v) is 2.24. The van der Waals surface area contributed by atoms with Gasteiger partial charge in [-0.15, -0.1) is 0 Å². The Kier molecular flexibility index (Phi) is 4.70. The second-order valence-corrected chi connectivity index (χ2v) is 4.94. The summed E-state index contributed by atoms with van der Waals surface area (Å²) in [7, 11) is 0. The molecule has 1 fully saturated rings. The van der Waals surface area contributed by atoms with E-state index in [0.29, 0.717) is 13.0 Å². The topological polar surface area (TPSA) is 98.7 Å². The largest absolute Gasteiger partial charge is 0.480 e. The number of carbonyl (C=O) groups is 2. The van der Waals surface area contributed by atoms with Crippen molar-refractivity contribution in [1.82, 2.24) is 10.6 Å². The third-order valence-corrected chi connectivity index (χ3v) is 3.32. The highest BCUT2D eigenvalue weighted by atomic mass is 16.4. The molecule has 1 aromatic carbocycles. The second kappa shape index (κ2) is 6.49. The number of rotatable bonds is 5. The Morgan fingerprint density at radius 1 is 1.35 bits per heavy atom. The van der Waals surface area contributed by atoms with E-state index in [1.54, 1.807) is 0 Å². The number of benzene rings is 1. The smallest absolute Gasteiger partial charge is 0.326 e. The van der Waals surface area contributed by atoms with Crippen molar-refractivity contribution < 1.29 is 19.8 Å². The molecule has 3 unspecified atom stereocenters. The summed E-state index contributed by atoms with van der Waals surface area (Å²) in [5, 5.41) is 23.9. The van der Waals surface area contributed by atoms with Gasteiger partial charge in [-0.3, -0.25) is 4.79 Å². The molecule has 6 nitrogen and oxygen atoms in total. The third-order valence-electron chi connectivity index (χ3n) is 3.32. The zero-order valence-electron chi connectivity index (χ0n) is 11.0. The maximum atomic E-state index is 11.9. The van der Waals surface area contributed by atoms with Gasteiger partial charge < -0.3 is 20.8 Å². The molecule has 1 aromatic rings. The molecule has 2 rings (SSSR count). The number of aliphatic hydroxyl groups is 1. The van der Waals surface area contributed by atoms with Gasteiger partial charge in [-0.1, -0.05) is 30.3 Å². The average molecular weight is 278 g/mol. The van der Waals surface area contributed by atoms with Crippen LogP contribution in [0.5, 0.6) is 0 Å². The van der Waals surface area contributed by atoms with Crippen molar-refractivity contribution in [2.75, 3.05) is 6.54 Å². The van der Waals surface area contributed by atoms with Crippen LogP contribution in [0.4, 0.5) is 0 Å². The molecule has 0 aromatic heterocycles. The number of carboxylic acid groups (broad SMARTS) is 1. The molecule has 108 valence electrons. The molecule has 0 saturated carbocycles. The lowest BCUT2D eigenvalue weighted by Crippen LogP contribution is -2.49. The van der Waals surface area contributed by atoms with Gasteiger partial charge in [0.05, 0.1) is 12.1 Å². The van der Waals surface area contributed by atoms with Crippen LogP contribution in [-0.4, -0.2) is 46.8 Å². The monoisotopic (exact) mass is 278 g/mol. The molecular formula is C14H18N2O4. The minimum absolute atomic E-state index is 0.233. The van der Waals surface area contributed by atoms with Crippen molar-refractivity contribution in [1.29, 1.82) is 0 Å². The Morgan fingerprint density at radius 3 is 2.60 bits per heavy atom. The third kappa shape index (κ3) is 3.79. The summed E-state index contributed by atoms with van der Waals surface area (Å²) in [5.74, 6) is -1.45. The summed E-state index contributed by atoms with van der Waals surface area (Å²) in [6.45, 7) is 0.356. The van der Waals surface area contributed by atoms with Crippen molar-refractivity contribution in [3.8, 4) is 0 Å². The molecule has 1 saturated heterocycles. The SMILES string of the molecule is O=C(O)C(Cc1ccccc1)NC(=O)C1CC(O)CN1. The Morgan fingerprint density at radius 2 is 2.05 bits per heavy atom. The summed E-state index contributed by atoms with van der Waals surface area (Å²) in [5.41, 5.74) is 0.847. The van der Waals surface area contributed by atoms with Crippen LogP contribution in [0.25, 0.3) is 0 Å². The number of carboxylic acids is 1. The van der Waals surface area contributed by atoms with Crippen molar-refractivity contribution in [2.24, 2.45) is 0 Å². The highest BCUT2D eigenvalue weighted by Crippen LogP contribution is 2.08. The normalized spacial score (nSPS) is 23.2. The first-order valence-corrected chi connectivity index (χ1v) is 6.55. The van der Waals surface area contributed by atoms with E-state index >= 15 is 0 Å². The zero-order chi connectivity index (χ0) is 14.5. The molecule has 1 amide bonds. The summed E-state index contributed by atoms with van der Waals surface area (Å²) >= 11 is 0. The number of hydrogen-bond acceptors (Lipinski definition) is 4. The predicted octanol–water partition coefficient (Wildman–Crippen LogP) is -0.479. The van der Waals surface area contributed by atoms with Crippen LogP contribution < -0.4 is 10.6 Å². The molecule has 0 radical (unpaired) electrons.